The molecule has 0 saturated heterocycles. The van der Waals surface area contributed by atoms with Crippen LogP contribution in [-0.4, -0.2) is 30.6 Å². The molecule has 4 nitrogen and oxygen atoms in total. The third-order valence-electron chi connectivity index (χ3n) is 4.96. The summed E-state index contributed by atoms with van der Waals surface area (Å²) in [5.41, 5.74) is 3.41. The second-order valence-electron chi connectivity index (χ2n) is 6.31. The van der Waals surface area contributed by atoms with Gasteiger partial charge in [0.25, 0.3) is 0 Å². The van der Waals surface area contributed by atoms with Crippen LogP contribution in [0.5, 0.6) is 0 Å². The molecule has 0 amide bonds. The second kappa shape index (κ2) is 4.25. The normalized spacial score (nSPS) is 43.3. The number of hydrogen-bond donors (Lipinski definition) is 1. The Kier molecular flexibility index (Phi) is 2.87. The summed E-state index contributed by atoms with van der Waals surface area (Å²) < 4.78 is 0. The Morgan fingerprint density at radius 3 is 2.18 bits per heavy atom. The number of likely N-dealkylation sites (N-methyl/N-ethyl adjacent to an activating group) is 1. The molecule has 4 fully saturated rings. The maximum Gasteiger partial charge on any atom is 0.0569 e. The van der Waals surface area contributed by atoms with E-state index in [0.717, 1.165) is 23.7 Å². The Bertz CT molecular complexity index is 291. The average molecular weight is 237 g/mol. The van der Waals surface area contributed by atoms with Gasteiger partial charge in [-0.25, -0.2) is 5.01 Å². The van der Waals surface area contributed by atoms with Gasteiger partial charge in [0.1, 0.15) is 0 Å². The van der Waals surface area contributed by atoms with Crippen LogP contribution in [0.25, 0.3) is 0 Å². The van der Waals surface area contributed by atoms with E-state index >= 15 is 0 Å². The predicted octanol–water partition coefficient (Wildman–Crippen LogP) is -0.00260. The minimum Gasteiger partial charge on any atom is -0.549 e. The van der Waals surface area contributed by atoms with Crippen molar-refractivity contribution in [1.29, 1.82) is 0 Å². The third kappa shape index (κ3) is 2.20. The fourth-order valence-corrected chi connectivity index (χ4v) is 4.63. The highest BCUT2D eigenvalue weighted by Crippen LogP contribution is 2.53. The molecule has 17 heavy (non-hydrogen) atoms. The smallest absolute Gasteiger partial charge is 0.0569 e. The molecule has 0 spiro atoms. The van der Waals surface area contributed by atoms with Gasteiger partial charge in [-0.05, 0) is 55.8 Å². The zero-order chi connectivity index (χ0) is 12.0. The molecule has 0 unspecified atom stereocenters. The standard InChI is InChI=1S/C13H22N2O2/c1-15(7-12(16)17)14-13-10-3-8-2-9(5-10)6-11(13)4-8/h8-11,13-14H,2-7H2,1H3,(H,16,17)/p-1. The molecule has 4 aliphatic rings. The molecule has 0 heterocycles. The molecule has 0 atom stereocenters. The van der Waals surface area contributed by atoms with Gasteiger partial charge in [0.2, 0.25) is 0 Å². The van der Waals surface area contributed by atoms with E-state index in [4.69, 9.17) is 0 Å². The van der Waals surface area contributed by atoms with Gasteiger partial charge in [-0.2, -0.15) is 0 Å². The molecule has 1 N–H and O–H groups in total. The minimum absolute atomic E-state index is 0.0250. The Hall–Kier alpha value is -0.610. The molecule has 0 aliphatic heterocycles. The number of nitrogens with one attached hydrogen (secondary N) is 1. The largest absolute Gasteiger partial charge is 0.549 e. The highest BCUT2D eigenvalue weighted by molar-refractivity contribution is 5.66. The molecule has 0 radical (unpaired) electrons. The monoisotopic (exact) mass is 237 g/mol. The number of hydrazine groups is 1. The van der Waals surface area contributed by atoms with Crippen LogP contribution in [-0.2, 0) is 4.79 Å². The van der Waals surface area contributed by atoms with Crippen molar-refractivity contribution in [3.63, 3.8) is 0 Å². The highest BCUT2D eigenvalue weighted by atomic mass is 16.4. The highest BCUT2D eigenvalue weighted by Gasteiger charge is 2.48. The first kappa shape index (κ1) is 11.5. The maximum atomic E-state index is 10.6. The minimum atomic E-state index is -1.01. The van der Waals surface area contributed by atoms with Crippen LogP contribution in [0, 0.1) is 23.7 Å². The predicted molar refractivity (Wildman–Crippen MR) is 61.6 cm³/mol. The van der Waals surface area contributed by atoms with E-state index in [2.05, 4.69) is 5.43 Å². The van der Waals surface area contributed by atoms with E-state index in [1.54, 1.807) is 12.1 Å². The molecule has 4 heteroatoms. The number of nitrogens with zero attached hydrogens (tertiary/aromatic N) is 1. The van der Waals surface area contributed by atoms with Crippen molar-refractivity contribution in [2.24, 2.45) is 23.7 Å². The van der Waals surface area contributed by atoms with Crippen LogP contribution >= 0.6 is 0 Å². The van der Waals surface area contributed by atoms with Gasteiger partial charge >= 0.3 is 0 Å². The van der Waals surface area contributed by atoms with Crippen LogP contribution in [0.1, 0.15) is 32.1 Å². The fourth-order valence-electron chi connectivity index (χ4n) is 4.63. The number of rotatable bonds is 4. The molecule has 96 valence electrons. The molecule has 0 aromatic carbocycles. The summed E-state index contributed by atoms with van der Waals surface area (Å²) in [4.78, 5) is 10.6. The molecule has 4 aliphatic carbocycles. The van der Waals surface area contributed by atoms with E-state index in [1.807, 2.05) is 0 Å². The fraction of sp³-hybridized carbons (Fsp3) is 0.923. The Morgan fingerprint density at radius 2 is 1.71 bits per heavy atom. The van der Waals surface area contributed by atoms with Gasteiger partial charge in [-0.3, -0.25) is 5.43 Å². The van der Waals surface area contributed by atoms with Gasteiger partial charge in [0.05, 0.1) is 12.5 Å². The lowest BCUT2D eigenvalue weighted by Crippen LogP contribution is -2.59. The molecule has 0 aromatic heterocycles. The van der Waals surface area contributed by atoms with Gasteiger partial charge in [0, 0.05) is 13.1 Å². The van der Waals surface area contributed by atoms with Crippen molar-refractivity contribution in [2.45, 2.75) is 38.1 Å². The number of carbonyl (C=O) groups excluding carboxylic acids is 1. The summed E-state index contributed by atoms with van der Waals surface area (Å²) in [6.45, 7) is -0.0250. The van der Waals surface area contributed by atoms with Crippen LogP contribution in [0.4, 0.5) is 0 Å². The summed E-state index contributed by atoms with van der Waals surface area (Å²) >= 11 is 0. The van der Waals surface area contributed by atoms with Crippen molar-refractivity contribution < 1.29 is 9.90 Å². The lowest BCUT2D eigenvalue weighted by Gasteiger charge is -2.55. The summed E-state index contributed by atoms with van der Waals surface area (Å²) in [7, 11) is 1.81. The summed E-state index contributed by atoms with van der Waals surface area (Å²) in [6.07, 6.45) is 6.86. The summed E-state index contributed by atoms with van der Waals surface area (Å²) in [5.74, 6) is 2.46. The van der Waals surface area contributed by atoms with Crippen LogP contribution in [0.2, 0.25) is 0 Å². The zero-order valence-corrected chi connectivity index (χ0v) is 10.4. The number of carbonyl (C=O) groups is 1. The van der Waals surface area contributed by atoms with E-state index in [9.17, 15) is 9.90 Å². The molecule has 0 aromatic rings. The van der Waals surface area contributed by atoms with Gasteiger partial charge in [0.15, 0.2) is 0 Å². The van der Waals surface area contributed by atoms with E-state index < -0.39 is 5.97 Å². The summed E-state index contributed by atoms with van der Waals surface area (Å²) in [6, 6.07) is 0.507. The SMILES string of the molecule is CN(CC(=O)[O-])NC1C2CC3CC(C2)CC1C3. The average Bonchev–Trinajstić information content (AvgIpc) is 2.21. The number of carboxylic acid groups (broad SMARTS) is 1. The quantitative estimate of drug-likeness (QED) is 0.699. The number of carboxylic acids is 1. The molecule has 4 saturated carbocycles. The van der Waals surface area contributed by atoms with Crippen molar-refractivity contribution in [3.8, 4) is 0 Å². The van der Waals surface area contributed by atoms with Gasteiger partial charge in [-0.15, -0.1) is 0 Å². The first-order chi connectivity index (χ1) is 8.11. The maximum absolute atomic E-state index is 10.6. The van der Waals surface area contributed by atoms with E-state index in [0.29, 0.717) is 6.04 Å². The van der Waals surface area contributed by atoms with Crippen LogP contribution < -0.4 is 10.5 Å². The van der Waals surface area contributed by atoms with Crippen molar-refractivity contribution in [1.82, 2.24) is 10.4 Å². The number of hydrogen-bond acceptors (Lipinski definition) is 4. The molecule has 4 rings (SSSR count). The Balaban J connectivity index is 1.62. The zero-order valence-electron chi connectivity index (χ0n) is 10.4. The Morgan fingerprint density at radius 1 is 1.18 bits per heavy atom. The molecule has 4 bridgehead atoms. The number of aliphatic carboxylic acids is 1. The van der Waals surface area contributed by atoms with Crippen molar-refractivity contribution >= 4 is 5.97 Å². The first-order valence-electron chi connectivity index (χ1n) is 6.79. The molecular formula is C13H21N2O2-. The van der Waals surface area contributed by atoms with Gasteiger partial charge in [-0.1, -0.05) is 0 Å². The molecular weight excluding hydrogens is 216 g/mol. The van der Waals surface area contributed by atoms with Crippen molar-refractivity contribution in [2.75, 3.05) is 13.6 Å². The first-order valence-corrected chi connectivity index (χ1v) is 6.79. The van der Waals surface area contributed by atoms with Gasteiger partial charge < -0.3 is 9.90 Å². The summed E-state index contributed by atoms with van der Waals surface area (Å²) in [5, 5.41) is 12.3. The van der Waals surface area contributed by atoms with Crippen LogP contribution in [0.15, 0.2) is 0 Å². The third-order valence-corrected chi connectivity index (χ3v) is 4.96. The van der Waals surface area contributed by atoms with Crippen LogP contribution in [0.3, 0.4) is 0 Å². The lowest BCUT2D eigenvalue weighted by molar-refractivity contribution is -0.306. The second-order valence-corrected chi connectivity index (χ2v) is 6.31. The van der Waals surface area contributed by atoms with E-state index in [-0.39, 0.29) is 6.54 Å². The topological polar surface area (TPSA) is 55.4 Å². The Labute approximate surface area is 102 Å². The van der Waals surface area contributed by atoms with E-state index in [1.165, 1.54) is 32.1 Å². The van der Waals surface area contributed by atoms with Crippen molar-refractivity contribution in [3.05, 3.63) is 0 Å². The lowest BCUT2D eigenvalue weighted by atomic mass is 9.54.